The van der Waals surface area contributed by atoms with Crippen LogP contribution < -0.4 is 0 Å². The second-order valence-corrected chi connectivity index (χ2v) is 10.8. The van der Waals surface area contributed by atoms with E-state index >= 15 is 0 Å². The fraction of sp³-hybridized carbons (Fsp3) is 0.280. The highest BCUT2D eigenvalue weighted by molar-refractivity contribution is 7.94. The summed E-state index contributed by atoms with van der Waals surface area (Å²) in [4.78, 5) is 18.9. The van der Waals surface area contributed by atoms with Crippen molar-refractivity contribution in [3.8, 4) is 5.69 Å². The Morgan fingerprint density at radius 1 is 1.24 bits per heavy atom. The van der Waals surface area contributed by atoms with Crippen LogP contribution in [0.1, 0.15) is 30.7 Å². The Hall–Kier alpha value is -3.30. The summed E-state index contributed by atoms with van der Waals surface area (Å²) >= 11 is 0. The zero-order chi connectivity index (χ0) is 24.5. The summed E-state index contributed by atoms with van der Waals surface area (Å²) in [6.45, 7) is 3.31. The number of carbonyl (C=O) groups is 1. The van der Waals surface area contributed by atoms with Crippen LogP contribution in [0.2, 0.25) is 0 Å². The number of pyridine rings is 1. The molecule has 178 valence electrons. The first-order valence-electron chi connectivity index (χ1n) is 10.8. The highest BCUT2D eigenvalue weighted by Gasteiger charge is 2.31. The number of nitrogens with zero attached hydrogens (tertiary/aromatic N) is 3. The van der Waals surface area contributed by atoms with Crippen molar-refractivity contribution in [3.05, 3.63) is 95.2 Å². The van der Waals surface area contributed by atoms with Gasteiger partial charge >= 0.3 is 0 Å². The van der Waals surface area contributed by atoms with Crippen LogP contribution in [0.25, 0.3) is 5.69 Å². The molecule has 1 atom stereocenters. The van der Waals surface area contributed by atoms with Gasteiger partial charge in [-0.15, -0.1) is 0 Å². The fourth-order valence-electron chi connectivity index (χ4n) is 3.86. The molecule has 0 saturated carbocycles. The Morgan fingerprint density at radius 2 is 1.97 bits per heavy atom. The van der Waals surface area contributed by atoms with Crippen molar-refractivity contribution in [3.63, 3.8) is 0 Å². The molecular weight excluding hydrogens is 457 g/mol. The van der Waals surface area contributed by atoms with Crippen molar-refractivity contribution in [2.24, 2.45) is 0 Å². The minimum Gasteiger partial charge on any atom is -0.384 e. The summed E-state index contributed by atoms with van der Waals surface area (Å²) in [6, 6.07) is 11.0. The third-order valence-corrected chi connectivity index (χ3v) is 7.09. The molecule has 1 amide bonds. The van der Waals surface area contributed by atoms with Gasteiger partial charge in [0, 0.05) is 36.2 Å². The predicted octanol–water partition coefficient (Wildman–Crippen LogP) is 3.12. The van der Waals surface area contributed by atoms with Gasteiger partial charge in [-0.1, -0.05) is 6.07 Å². The van der Waals surface area contributed by atoms with Gasteiger partial charge in [0.05, 0.1) is 23.9 Å². The zero-order valence-corrected chi connectivity index (χ0v) is 19.7. The van der Waals surface area contributed by atoms with Crippen LogP contribution in [-0.2, 0) is 33.2 Å². The van der Waals surface area contributed by atoms with E-state index in [0.29, 0.717) is 16.9 Å². The molecule has 0 fully saturated rings. The largest absolute Gasteiger partial charge is 0.384 e. The van der Waals surface area contributed by atoms with E-state index in [1.54, 1.807) is 55.1 Å². The number of carbonyl (C=O) groups excluding carboxylic acids is 1. The monoisotopic (exact) mass is 483 g/mol. The average Bonchev–Trinajstić information content (AvgIpc) is 3.42. The van der Waals surface area contributed by atoms with Crippen molar-refractivity contribution in [1.82, 2.24) is 14.5 Å². The quantitative estimate of drug-likeness (QED) is 0.558. The lowest BCUT2D eigenvalue weighted by molar-refractivity contribution is -0.132. The van der Waals surface area contributed by atoms with Crippen LogP contribution in [0.3, 0.4) is 0 Å². The minimum absolute atomic E-state index is 0.0953. The lowest BCUT2D eigenvalue weighted by atomic mass is 10.0. The highest BCUT2D eigenvalue weighted by Crippen LogP contribution is 2.23. The first-order chi connectivity index (χ1) is 16.0. The molecule has 3 aromatic rings. The first kappa shape index (κ1) is 23.8. The van der Waals surface area contributed by atoms with Gasteiger partial charge in [0.2, 0.25) is 5.91 Å². The van der Waals surface area contributed by atoms with Gasteiger partial charge in [0.25, 0.3) is 0 Å². The molecule has 0 aliphatic carbocycles. The molecule has 0 radical (unpaired) electrons. The highest BCUT2D eigenvalue weighted by atomic mass is 32.2. The summed E-state index contributed by atoms with van der Waals surface area (Å²) in [7, 11) is -3.41. The molecule has 1 aliphatic rings. The molecule has 34 heavy (non-hydrogen) atoms. The molecule has 9 heteroatoms. The SMILES string of the molecule is CC(C)(O)c1cc(CN(C(=O)Cc2ccc(-n3cccc3)cc2F)[C@@H]2C=CS(=O)(=O)C2)ccn1. The third kappa shape index (κ3) is 5.43. The number of hydrogen-bond acceptors (Lipinski definition) is 5. The van der Waals surface area contributed by atoms with Crippen molar-refractivity contribution < 1.29 is 22.7 Å². The van der Waals surface area contributed by atoms with E-state index in [4.69, 9.17) is 0 Å². The summed E-state index contributed by atoms with van der Waals surface area (Å²) in [5.41, 5.74) is 0.797. The van der Waals surface area contributed by atoms with Gasteiger partial charge in [-0.2, -0.15) is 0 Å². The number of aliphatic hydroxyl groups is 1. The van der Waals surface area contributed by atoms with Gasteiger partial charge in [-0.05, 0) is 67.4 Å². The van der Waals surface area contributed by atoms with E-state index in [9.17, 15) is 22.7 Å². The van der Waals surface area contributed by atoms with Crippen LogP contribution in [0.4, 0.5) is 4.39 Å². The molecule has 0 saturated heterocycles. The third-order valence-electron chi connectivity index (χ3n) is 5.72. The normalized spacial score (nSPS) is 17.1. The van der Waals surface area contributed by atoms with E-state index < -0.39 is 33.2 Å². The van der Waals surface area contributed by atoms with Gasteiger partial charge in [0.15, 0.2) is 9.84 Å². The summed E-state index contributed by atoms with van der Waals surface area (Å²) in [5, 5.41) is 11.4. The summed E-state index contributed by atoms with van der Waals surface area (Å²) < 4.78 is 40.7. The van der Waals surface area contributed by atoms with Crippen LogP contribution >= 0.6 is 0 Å². The lowest BCUT2D eigenvalue weighted by Crippen LogP contribution is -2.41. The van der Waals surface area contributed by atoms with Crippen molar-refractivity contribution in [1.29, 1.82) is 0 Å². The average molecular weight is 484 g/mol. The van der Waals surface area contributed by atoms with Crippen LogP contribution in [-0.4, -0.2) is 45.7 Å². The van der Waals surface area contributed by atoms with Crippen LogP contribution in [0.15, 0.2) is 72.5 Å². The molecule has 2 aromatic heterocycles. The Morgan fingerprint density at radius 3 is 2.59 bits per heavy atom. The van der Waals surface area contributed by atoms with Gasteiger partial charge in [-0.25, -0.2) is 12.8 Å². The van der Waals surface area contributed by atoms with Gasteiger partial charge < -0.3 is 14.6 Å². The van der Waals surface area contributed by atoms with Gasteiger partial charge in [0.1, 0.15) is 11.4 Å². The molecule has 0 spiro atoms. The molecule has 1 aliphatic heterocycles. The van der Waals surface area contributed by atoms with Gasteiger partial charge in [-0.3, -0.25) is 9.78 Å². The standard InChI is InChI=1S/C25H26FN3O4S/c1-25(2,31)23-13-18(7-9-27-23)16-29(21-8-12-34(32,33)17-21)24(30)14-19-5-6-20(15-22(19)26)28-10-3-4-11-28/h3-13,15,21,31H,14,16-17H2,1-2H3/t21-/m1/s1. The number of benzene rings is 1. The second-order valence-electron chi connectivity index (χ2n) is 8.90. The molecule has 1 N–H and O–H groups in total. The van der Waals surface area contributed by atoms with Crippen LogP contribution in [0, 0.1) is 5.82 Å². The number of halogens is 1. The topological polar surface area (TPSA) is 92.5 Å². The summed E-state index contributed by atoms with van der Waals surface area (Å²) in [6.07, 6.45) is 6.39. The number of sulfone groups is 1. The van der Waals surface area contributed by atoms with E-state index in [0.717, 1.165) is 5.41 Å². The van der Waals surface area contributed by atoms with Crippen molar-refractivity contribution in [2.45, 2.75) is 38.5 Å². The van der Waals surface area contributed by atoms with Crippen LogP contribution in [0.5, 0.6) is 0 Å². The number of aromatic nitrogens is 2. The predicted molar refractivity (Wildman–Crippen MR) is 126 cm³/mol. The summed E-state index contributed by atoms with van der Waals surface area (Å²) in [5.74, 6) is -1.14. The Labute approximate surface area is 198 Å². The smallest absolute Gasteiger partial charge is 0.227 e. The molecule has 3 heterocycles. The maximum Gasteiger partial charge on any atom is 0.227 e. The Kier molecular flexibility index (Phi) is 6.42. The Balaban J connectivity index is 1.59. The molecule has 0 bridgehead atoms. The second kappa shape index (κ2) is 9.15. The van der Waals surface area contributed by atoms with E-state index in [2.05, 4.69) is 4.98 Å². The number of amides is 1. The molecular formula is C25H26FN3O4S. The van der Waals surface area contributed by atoms with E-state index in [1.165, 1.54) is 23.2 Å². The maximum absolute atomic E-state index is 14.8. The zero-order valence-electron chi connectivity index (χ0n) is 18.9. The van der Waals surface area contributed by atoms with E-state index in [1.807, 2.05) is 12.1 Å². The molecule has 0 unspecified atom stereocenters. The van der Waals surface area contributed by atoms with Crippen molar-refractivity contribution in [2.75, 3.05) is 5.75 Å². The molecule has 1 aromatic carbocycles. The number of hydrogen-bond donors (Lipinski definition) is 1. The first-order valence-corrected chi connectivity index (χ1v) is 12.5. The lowest BCUT2D eigenvalue weighted by Gasteiger charge is -2.28. The maximum atomic E-state index is 14.8. The number of rotatable bonds is 7. The molecule has 7 nitrogen and oxygen atoms in total. The Bertz CT molecular complexity index is 1330. The minimum atomic E-state index is -3.41. The van der Waals surface area contributed by atoms with E-state index in [-0.39, 0.29) is 24.3 Å². The molecule has 4 rings (SSSR count). The van der Waals surface area contributed by atoms with Crippen molar-refractivity contribution >= 4 is 15.7 Å². The fourth-order valence-corrected chi connectivity index (χ4v) is 5.16.